The van der Waals surface area contributed by atoms with E-state index in [0.29, 0.717) is 11.5 Å². The average molecular weight is 284 g/mol. The van der Waals surface area contributed by atoms with Gasteiger partial charge in [-0.25, -0.2) is 8.42 Å². The molecule has 0 aliphatic heterocycles. The van der Waals surface area contributed by atoms with Crippen molar-refractivity contribution in [3.8, 4) is 11.5 Å². The van der Waals surface area contributed by atoms with E-state index < -0.39 is 22.0 Å². The third kappa shape index (κ3) is 7.20. The molecule has 0 aliphatic rings. The Bertz CT molecular complexity index is 461. The molecule has 0 saturated heterocycles. The minimum Gasteiger partial charge on any atom is -0.748 e. The largest absolute Gasteiger partial charge is 1.00 e. The molecule has 0 aromatic heterocycles. The Morgan fingerprint density at radius 1 is 1.39 bits per heavy atom. The van der Waals surface area contributed by atoms with Crippen LogP contribution in [0.5, 0.6) is 11.5 Å². The van der Waals surface area contributed by atoms with E-state index in [2.05, 4.69) is 0 Å². The van der Waals surface area contributed by atoms with Gasteiger partial charge in [0.1, 0.15) is 24.2 Å². The summed E-state index contributed by atoms with van der Waals surface area (Å²) < 4.78 is 41.2. The van der Waals surface area contributed by atoms with Gasteiger partial charge < -0.3 is 19.1 Å². The van der Waals surface area contributed by atoms with Gasteiger partial charge in [-0.15, -0.1) is 0 Å². The van der Waals surface area contributed by atoms with E-state index >= 15 is 0 Å². The van der Waals surface area contributed by atoms with Crippen molar-refractivity contribution in [2.24, 2.45) is 0 Å². The first kappa shape index (κ1) is 17.7. The fourth-order valence-electron chi connectivity index (χ4n) is 1.17. The van der Waals surface area contributed by atoms with Crippen molar-refractivity contribution in [3.05, 3.63) is 24.3 Å². The predicted molar refractivity (Wildman–Crippen MR) is 59.1 cm³/mol. The quantitative estimate of drug-likeness (QED) is 0.441. The van der Waals surface area contributed by atoms with Crippen molar-refractivity contribution in [3.63, 3.8) is 0 Å². The maximum atomic E-state index is 10.4. The van der Waals surface area contributed by atoms with Gasteiger partial charge in [0.15, 0.2) is 0 Å². The monoisotopic (exact) mass is 284 g/mol. The van der Waals surface area contributed by atoms with Crippen LogP contribution in [0.3, 0.4) is 0 Å². The number of aliphatic hydroxyl groups excluding tert-OH is 1. The first-order valence-corrected chi connectivity index (χ1v) is 6.37. The van der Waals surface area contributed by atoms with Crippen LogP contribution in [0, 0.1) is 0 Å². The summed E-state index contributed by atoms with van der Waals surface area (Å²) in [5.74, 6) is 0.136. The van der Waals surface area contributed by atoms with Gasteiger partial charge in [0.25, 0.3) is 0 Å². The summed E-state index contributed by atoms with van der Waals surface area (Å²) in [5, 5.41) is 9.24. The molecule has 1 N–H and O–H groups in total. The Balaban J connectivity index is 0.00000289. The Morgan fingerprint density at radius 2 is 2.00 bits per heavy atom. The number of benzene rings is 1. The summed E-state index contributed by atoms with van der Waals surface area (Å²) in [7, 11) is -2.95. The van der Waals surface area contributed by atoms with E-state index in [4.69, 9.17) is 9.47 Å². The summed E-state index contributed by atoms with van der Waals surface area (Å²) in [6, 6.07) is 6.61. The summed E-state index contributed by atoms with van der Waals surface area (Å²) in [4.78, 5) is 0. The molecule has 0 fully saturated rings. The first-order valence-electron chi connectivity index (χ1n) is 4.79. The zero-order valence-electron chi connectivity index (χ0n) is 10.2. The van der Waals surface area contributed by atoms with Crippen molar-refractivity contribution in [2.75, 3.05) is 19.5 Å². The zero-order chi connectivity index (χ0) is 12.9. The van der Waals surface area contributed by atoms with Gasteiger partial charge in [0.2, 0.25) is 0 Å². The van der Waals surface area contributed by atoms with Crippen LogP contribution in [0.15, 0.2) is 24.3 Å². The summed E-state index contributed by atoms with van der Waals surface area (Å²) in [6.07, 6.45) is -1.34. The molecular weight excluding hydrogens is 271 g/mol. The van der Waals surface area contributed by atoms with Gasteiger partial charge >= 0.3 is 29.6 Å². The van der Waals surface area contributed by atoms with Crippen molar-refractivity contribution in [2.45, 2.75) is 6.10 Å². The number of methoxy groups -OCH3 is 1. The second-order valence-electron chi connectivity index (χ2n) is 3.37. The van der Waals surface area contributed by atoms with Gasteiger partial charge in [-0.1, -0.05) is 6.07 Å². The van der Waals surface area contributed by atoms with Crippen molar-refractivity contribution in [1.82, 2.24) is 0 Å². The first-order chi connectivity index (χ1) is 7.90. The molecule has 0 amide bonds. The normalized spacial score (nSPS) is 12.4. The van der Waals surface area contributed by atoms with Gasteiger partial charge in [-0.3, -0.25) is 0 Å². The summed E-state index contributed by atoms with van der Waals surface area (Å²) in [6.45, 7) is -0.269. The Kier molecular flexibility index (Phi) is 7.84. The molecule has 1 atom stereocenters. The van der Waals surface area contributed by atoms with Crippen LogP contribution >= 0.6 is 0 Å². The smallest absolute Gasteiger partial charge is 0.748 e. The Labute approximate surface area is 128 Å². The van der Waals surface area contributed by atoms with Gasteiger partial charge in [-0.2, -0.15) is 0 Å². The number of hydrogen-bond acceptors (Lipinski definition) is 6. The fourth-order valence-corrected chi connectivity index (χ4v) is 1.73. The fraction of sp³-hybridized carbons (Fsp3) is 0.400. The Hall–Kier alpha value is -0.310. The molecule has 18 heavy (non-hydrogen) atoms. The average Bonchev–Trinajstić information content (AvgIpc) is 2.24. The molecule has 6 nitrogen and oxygen atoms in total. The molecule has 0 radical (unpaired) electrons. The maximum Gasteiger partial charge on any atom is 1.00 e. The second-order valence-corrected chi connectivity index (χ2v) is 4.82. The van der Waals surface area contributed by atoms with E-state index in [-0.39, 0.29) is 36.2 Å². The van der Waals surface area contributed by atoms with E-state index in [9.17, 15) is 18.1 Å². The van der Waals surface area contributed by atoms with Crippen LogP contribution in [0.4, 0.5) is 0 Å². The van der Waals surface area contributed by atoms with Crippen LogP contribution in [0.2, 0.25) is 0 Å². The molecule has 1 unspecified atom stereocenters. The number of ether oxygens (including phenoxy) is 2. The van der Waals surface area contributed by atoms with Gasteiger partial charge in [0.05, 0.1) is 23.0 Å². The molecule has 1 rings (SSSR count). The number of hydrogen-bond donors (Lipinski definition) is 1. The minimum atomic E-state index is -4.45. The van der Waals surface area contributed by atoms with Crippen LogP contribution in [0.1, 0.15) is 0 Å². The van der Waals surface area contributed by atoms with Crippen LogP contribution in [0.25, 0.3) is 0 Å². The number of aliphatic hydroxyl groups is 1. The van der Waals surface area contributed by atoms with Crippen molar-refractivity contribution >= 4 is 10.1 Å². The zero-order valence-corrected chi connectivity index (χ0v) is 13.0. The van der Waals surface area contributed by atoms with Crippen molar-refractivity contribution < 1.29 is 57.1 Å². The second kappa shape index (κ2) is 7.98. The van der Waals surface area contributed by atoms with Gasteiger partial charge in [0, 0.05) is 6.07 Å². The molecule has 0 aliphatic carbocycles. The molecule has 8 heteroatoms. The molecule has 0 bridgehead atoms. The van der Waals surface area contributed by atoms with Crippen molar-refractivity contribution in [1.29, 1.82) is 0 Å². The Morgan fingerprint density at radius 3 is 2.56 bits per heavy atom. The standard InChI is InChI=1S/C10H14O6S.Na/c1-15-9-3-2-4-10(5-9)16-6-8(11)7-17(12,13)14;/h2-5,8,11H,6-7H2,1H3,(H,12,13,14);/q;+1/p-1. The van der Waals surface area contributed by atoms with E-state index in [1.807, 2.05) is 0 Å². The molecule has 1 aromatic rings. The summed E-state index contributed by atoms with van der Waals surface area (Å²) >= 11 is 0. The summed E-state index contributed by atoms with van der Waals surface area (Å²) in [5.41, 5.74) is 0. The van der Waals surface area contributed by atoms with E-state index in [1.165, 1.54) is 7.11 Å². The van der Waals surface area contributed by atoms with Gasteiger partial charge in [-0.05, 0) is 12.1 Å². The van der Waals surface area contributed by atoms with Crippen LogP contribution in [-0.2, 0) is 10.1 Å². The van der Waals surface area contributed by atoms with E-state index in [0.717, 1.165) is 0 Å². The molecule has 96 valence electrons. The van der Waals surface area contributed by atoms with E-state index in [1.54, 1.807) is 24.3 Å². The number of rotatable bonds is 6. The topological polar surface area (TPSA) is 95.9 Å². The molecule has 0 saturated carbocycles. The maximum absolute atomic E-state index is 10.4. The van der Waals surface area contributed by atoms with Crippen LogP contribution < -0.4 is 39.0 Å². The molecular formula is C10H13NaO6S. The predicted octanol–water partition coefficient (Wildman–Crippen LogP) is -3.02. The molecule has 0 heterocycles. The SMILES string of the molecule is COc1cccc(OCC(O)CS(=O)(=O)[O-])c1.[Na+]. The molecule has 1 aromatic carbocycles. The minimum absolute atomic E-state index is 0. The third-order valence-corrected chi connectivity index (χ3v) is 2.67. The third-order valence-electron chi connectivity index (χ3n) is 1.88. The van der Waals surface area contributed by atoms with Crippen LogP contribution in [-0.4, -0.2) is 43.7 Å². The molecule has 0 spiro atoms.